The lowest BCUT2D eigenvalue weighted by molar-refractivity contribution is 0.250. The van der Waals surface area contributed by atoms with Crippen molar-refractivity contribution in [2.75, 3.05) is 23.4 Å². The molecule has 2 rings (SSSR count). The molecule has 0 aromatic heterocycles. The Labute approximate surface area is 126 Å². The Balaban J connectivity index is 1.91. The Morgan fingerprint density at radius 3 is 2.38 bits per heavy atom. The van der Waals surface area contributed by atoms with Crippen LogP contribution in [0.4, 0.5) is 10.5 Å². The van der Waals surface area contributed by atoms with Crippen LogP contribution in [-0.2, 0) is 9.84 Å². The van der Waals surface area contributed by atoms with Crippen molar-refractivity contribution in [3.63, 3.8) is 0 Å². The third kappa shape index (κ3) is 4.20. The van der Waals surface area contributed by atoms with Crippen LogP contribution in [0.15, 0.2) is 12.1 Å². The summed E-state index contributed by atoms with van der Waals surface area (Å²) < 4.78 is 22.7. The summed E-state index contributed by atoms with van der Waals surface area (Å²) in [4.78, 5) is 11.9. The number of nitrogens with one attached hydrogen (secondary N) is 2. The molecule has 1 aromatic rings. The Kier molecular flexibility index (Phi) is 4.56. The zero-order chi connectivity index (χ0) is 15.6. The van der Waals surface area contributed by atoms with Crippen molar-refractivity contribution in [1.82, 2.24) is 5.32 Å². The summed E-state index contributed by atoms with van der Waals surface area (Å²) in [7, 11) is -2.89. The van der Waals surface area contributed by atoms with Gasteiger partial charge in [-0.2, -0.15) is 0 Å². The molecule has 0 bridgehead atoms. The summed E-state index contributed by atoms with van der Waals surface area (Å²) in [6, 6.07) is 3.76. The van der Waals surface area contributed by atoms with E-state index in [1.165, 1.54) is 0 Å². The molecular formula is C15H22N2O3S. The molecule has 0 spiro atoms. The SMILES string of the molecule is Cc1cc(C)c(NC(=O)NCC2CCS(=O)(=O)C2)c(C)c1. The second-order valence-corrected chi connectivity index (χ2v) is 8.11. The fraction of sp³-hybridized carbons (Fsp3) is 0.533. The van der Waals surface area contributed by atoms with Crippen molar-refractivity contribution in [2.24, 2.45) is 5.92 Å². The van der Waals surface area contributed by atoms with Gasteiger partial charge in [0.25, 0.3) is 0 Å². The van der Waals surface area contributed by atoms with Gasteiger partial charge in [-0.15, -0.1) is 0 Å². The largest absolute Gasteiger partial charge is 0.338 e. The monoisotopic (exact) mass is 310 g/mol. The number of anilines is 1. The highest BCUT2D eigenvalue weighted by atomic mass is 32.2. The topological polar surface area (TPSA) is 75.3 Å². The third-order valence-corrected chi connectivity index (χ3v) is 5.63. The van der Waals surface area contributed by atoms with Gasteiger partial charge >= 0.3 is 6.03 Å². The second kappa shape index (κ2) is 6.05. The van der Waals surface area contributed by atoms with E-state index >= 15 is 0 Å². The fourth-order valence-corrected chi connectivity index (χ4v) is 4.67. The molecule has 5 nitrogen and oxygen atoms in total. The molecule has 0 radical (unpaired) electrons. The van der Waals surface area contributed by atoms with Gasteiger partial charge < -0.3 is 10.6 Å². The van der Waals surface area contributed by atoms with Crippen LogP contribution in [-0.4, -0.2) is 32.5 Å². The first kappa shape index (κ1) is 15.8. The maximum absolute atomic E-state index is 11.9. The van der Waals surface area contributed by atoms with E-state index in [0.29, 0.717) is 13.0 Å². The average molecular weight is 310 g/mol. The molecule has 1 fully saturated rings. The first-order valence-corrected chi connectivity index (χ1v) is 8.92. The molecule has 0 aliphatic carbocycles. The average Bonchev–Trinajstić information content (AvgIpc) is 2.71. The Bertz CT molecular complexity index is 630. The van der Waals surface area contributed by atoms with Gasteiger partial charge in [0.15, 0.2) is 9.84 Å². The van der Waals surface area contributed by atoms with Crippen LogP contribution in [0.2, 0.25) is 0 Å². The van der Waals surface area contributed by atoms with Crippen molar-refractivity contribution < 1.29 is 13.2 Å². The minimum atomic E-state index is -2.89. The van der Waals surface area contributed by atoms with Crippen molar-refractivity contribution >= 4 is 21.6 Å². The number of benzene rings is 1. The summed E-state index contributed by atoms with van der Waals surface area (Å²) in [5, 5.41) is 5.62. The molecule has 1 saturated heterocycles. The van der Waals surface area contributed by atoms with Crippen molar-refractivity contribution in [3.05, 3.63) is 28.8 Å². The molecule has 1 aliphatic heterocycles. The van der Waals surface area contributed by atoms with Gasteiger partial charge in [0, 0.05) is 12.2 Å². The molecule has 0 saturated carbocycles. The van der Waals surface area contributed by atoms with Crippen LogP contribution in [0.3, 0.4) is 0 Å². The highest BCUT2D eigenvalue weighted by Gasteiger charge is 2.27. The summed E-state index contributed by atoms with van der Waals surface area (Å²) in [6.07, 6.45) is 0.630. The summed E-state index contributed by atoms with van der Waals surface area (Å²) in [5.41, 5.74) is 4.02. The number of urea groups is 1. The minimum absolute atomic E-state index is 0.0287. The van der Waals surface area contributed by atoms with E-state index in [0.717, 1.165) is 22.4 Å². The lowest BCUT2D eigenvalue weighted by Gasteiger charge is -2.15. The van der Waals surface area contributed by atoms with E-state index in [9.17, 15) is 13.2 Å². The smallest absolute Gasteiger partial charge is 0.319 e. The molecule has 1 aromatic carbocycles. The second-order valence-electron chi connectivity index (χ2n) is 5.88. The lowest BCUT2D eigenvalue weighted by Crippen LogP contribution is -2.33. The molecule has 1 heterocycles. The first-order valence-electron chi connectivity index (χ1n) is 7.10. The zero-order valence-corrected chi connectivity index (χ0v) is 13.5. The van der Waals surface area contributed by atoms with Gasteiger partial charge in [-0.1, -0.05) is 17.7 Å². The normalized spacial score (nSPS) is 20.2. The summed E-state index contributed by atoms with van der Waals surface area (Å²) in [5.74, 6) is 0.438. The molecule has 2 N–H and O–H groups in total. The zero-order valence-electron chi connectivity index (χ0n) is 12.7. The quantitative estimate of drug-likeness (QED) is 0.898. The Hall–Kier alpha value is -1.56. The summed E-state index contributed by atoms with van der Waals surface area (Å²) >= 11 is 0. The molecule has 116 valence electrons. The maximum Gasteiger partial charge on any atom is 0.319 e. The van der Waals surface area contributed by atoms with Gasteiger partial charge in [0.05, 0.1) is 11.5 Å². The maximum atomic E-state index is 11.9. The summed E-state index contributed by atoms with van der Waals surface area (Å²) in [6.45, 7) is 6.33. The van der Waals surface area contributed by atoms with E-state index in [1.54, 1.807) is 0 Å². The van der Waals surface area contributed by atoms with Crippen LogP contribution in [0, 0.1) is 26.7 Å². The van der Waals surface area contributed by atoms with Gasteiger partial charge in [-0.05, 0) is 44.2 Å². The Morgan fingerprint density at radius 2 is 1.86 bits per heavy atom. The molecule has 1 unspecified atom stereocenters. The van der Waals surface area contributed by atoms with Gasteiger partial charge in [-0.3, -0.25) is 0 Å². The van der Waals surface area contributed by atoms with E-state index < -0.39 is 9.84 Å². The van der Waals surface area contributed by atoms with Crippen molar-refractivity contribution in [2.45, 2.75) is 27.2 Å². The van der Waals surface area contributed by atoms with Gasteiger partial charge in [-0.25, -0.2) is 13.2 Å². The van der Waals surface area contributed by atoms with Gasteiger partial charge in [0.1, 0.15) is 0 Å². The number of rotatable bonds is 3. The molecule has 6 heteroatoms. The van der Waals surface area contributed by atoms with Crippen molar-refractivity contribution in [1.29, 1.82) is 0 Å². The van der Waals surface area contributed by atoms with Crippen LogP contribution < -0.4 is 10.6 Å². The van der Waals surface area contributed by atoms with Crippen LogP contribution in [0.1, 0.15) is 23.1 Å². The number of carbonyl (C=O) groups is 1. The van der Waals surface area contributed by atoms with E-state index in [4.69, 9.17) is 0 Å². The number of hydrogen-bond donors (Lipinski definition) is 2. The van der Waals surface area contributed by atoms with Crippen LogP contribution in [0.25, 0.3) is 0 Å². The molecule has 2 amide bonds. The third-order valence-electron chi connectivity index (χ3n) is 3.79. The van der Waals surface area contributed by atoms with Crippen LogP contribution >= 0.6 is 0 Å². The van der Waals surface area contributed by atoms with Crippen molar-refractivity contribution in [3.8, 4) is 0 Å². The van der Waals surface area contributed by atoms with E-state index in [2.05, 4.69) is 10.6 Å². The first-order chi connectivity index (χ1) is 9.77. The van der Waals surface area contributed by atoms with E-state index in [-0.39, 0.29) is 23.5 Å². The fourth-order valence-electron chi connectivity index (χ4n) is 2.80. The predicted octanol–water partition coefficient (Wildman–Crippen LogP) is 2.17. The van der Waals surface area contributed by atoms with Crippen LogP contribution in [0.5, 0.6) is 0 Å². The highest BCUT2D eigenvalue weighted by Crippen LogP contribution is 2.22. The Morgan fingerprint density at radius 1 is 1.24 bits per heavy atom. The highest BCUT2D eigenvalue weighted by molar-refractivity contribution is 7.91. The molecular weight excluding hydrogens is 288 g/mol. The number of amides is 2. The molecule has 21 heavy (non-hydrogen) atoms. The molecule has 1 aliphatic rings. The number of sulfone groups is 1. The standard InChI is InChI=1S/C15H22N2O3S/c1-10-6-11(2)14(12(3)7-10)17-15(18)16-8-13-4-5-21(19,20)9-13/h6-7,13H,4-5,8-9H2,1-3H3,(H2,16,17,18). The number of hydrogen-bond acceptors (Lipinski definition) is 3. The molecule has 1 atom stereocenters. The van der Waals surface area contributed by atoms with E-state index in [1.807, 2.05) is 32.9 Å². The number of aryl methyl sites for hydroxylation is 3. The number of carbonyl (C=O) groups excluding carboxylic acids is 1. The van der Waals surface area contributed by atoms with Gasteiger partial charge in [0.2, 0.25) is 0 Å². The predicted molar refractivity (Wildman–Crippen MR) is 84.4 cm³/mol. The minimum Gasteiger partial charge on any atom is -0.338 e. The lowest BCUT2D eigenvalue weighted by atomic mass is 10.1.